The number of benzene rings is 1. The molecule has 0 atom stereocenters. The number of hydrogen-bond acceptors (Lipinski definition) is 4. The van der Waals surface area contributed by atoms with Crippen LogP contribution in [-0.4, -0.2) is 47.3 Å². The molecule has 0 heterocycles. The van der Waals surface area contributed by atoms with Gasteiger partial charge in [-0.05, 0) is 25.0 Å². The summed E-state index contributed by atoms with van der Waals surface area (Å²) in [4.78, 5) is 14.1. The van der Waals surface area contributed by atoms with E-state index in [1.165, 1.54) is 13.2 Å². The lowest BCUT2D eigenvalue weighted by molar-refractivity contribution is 0.0619. The Balaban J connectivity index is 3.05. The number of carbonyl (C=O) groups excluding carboxylic acids is 1. The van der Waals surface area contributed by atoms with Crippen LogP contribution in [0.5, 0.6) is 11.5 Å². The van der Waals surface area contributed by atoms with Crippen LogP contribution >= 0.6 is 0 Å². The van der Waals surface area contributed by atoms with Gasteiger partial charge in [0.15, 0.2) is 0 Å². The molecular weight excluding hydrogens is 258 g/mol. The average Bonchev–Trinajstić information content (AvgIpc) is 2.46. The molecule has 5 nitrogen and oxygen atoms in total. The van der Waals surface area contributed by atoms with Crippen molar-refractivity contribution in [3.63, 3.8) is 0 Å². The second kappa shape index (κ2) is 7.75. The highest BCUT2D eigenvalue weighted by Crippen LogP contribution is 2.25. The van der Waals surface area contributed by atoms with Gasteiger partial charge in [-0.15, -0.1) is 0 Å². The fourth-order valence-corrected chi connectivity index (χ4v) is 2.26. The van der Waals surface area contributed by atoms with E-state index in [9.17, 15) is 9.90 Å². The number of phenolic OH excluding ortho intramolecular Hbond substituents is 1. The number of hydrogen-bond donors (Lipinski definition) is 2. The zero-order chi connectivity index (χ0) is 15.1. The molecular formula is C15H23NO4. The third-order valence-corrected chi connectivity index (χ3v) is 3.42. The fourth-order valence-electron chi connectivity index (χ4n) is 2.26. The Morgan fingerprint density at radius 1 is 1.35 bits per heavy atom. The second-order valence-electron chi connectivity index (χ2n) is 4.58. The second-order valence-corrected chi connectivity index (χ2v) is 4.58. The number of methoxy groups -OCH3 is 1. The number of aliphatic hydroxyl groups is 1. The number of aliphatic hydroxyl groups excluding tert-OH is 1. The monoisotopic (exact) mass is 281 g/mol. The van der Waals surface area contributed by atoms with Crippen LogP contribution < -0.4 is 4.74 Å². The van der Waals surface area contributed by atoms with E-state index >= 15 is 0 Å². The number of rotatable bonds is 7. The zero-order valence-electron chi connectivity index (χ0n) is 12.3. The summed E-state index contributed by atoms with van der Waals surface area (Å²) in [5.74, 6) is 0.117. The molecule has 0 saturated carbocycles. The predicted octanol–water partition coefficient (Wildman–Crippen LogP) is 2.02. The third kappa shape index (κ3) is 3.63. The van der Waals surface area contributed by atoms with Gasteiger partial charge in [-0.25, -0.2) is 0 Å². The molecule has 5 heteroatoms. The first kappa shape index (κ1) is 16.3. The molecule has 0 fully saturated rings. The topological polar surface area (TPSA) is 70.0 Å². The molecule has 1 rings (SSSR count). The Kier molecular flexibility index (Phi) is 6.31. The summed E-state index contributed by atoms with van der Waals surface area (Å²) in [6, 6.07) is 4.65. The molecule has 0 unspecified atom stereocenters. The third-order valence-electron chi connectivity index (χ3n) is 3.42. The van der Waals surface area contributed by atoms with Crippen LogP contribution in [0.25, 0.3) is 0 Å². The van der Waals surface area contributed by atoms with Gasteiger partial charge in [0.05, 0.1) is 19.3 Å². The molecule has 1 aromatic rings. The van der Waals surface area contributed by atoms with Gasteiger partial charge < -0.3 is 19.8 Å². The lowest BCUT2D eigenvalue weighted by atomic mass is 10.1. The van der Waals surface area contributed by atoms with Gasteiger partial charge in [-0.1, -0.05) is 13.8 Å². The summed E-state index contributed by atoms with van der Waals surface area (Å²) in [6.45, 7) is 4.16. The van der Waals surface area contributed by atoms with Crippen LogP contribution in [0.2, 0.25) is 0 Å². The summed E-state index contributed by atoms with van der Waals surface area (Å²) in [5, 5.41) is 19.1. The quantitative estimate of drug-likeness (QED) is 0.802. The summed E-state index contributed by atoms with van der Waals surface area (Å²) in [6.07, 6.45) is 1.61. The zero-order valence-corrected chi connectivity index (χ0v) is 12.3. The molecule has 0 radical (unpaired) electrons. The molecule has 0 aliphatic carbocycles. The van der Waals surface area contributed by atoms with E-state index in [0.717, 1.165) is 12.8 Å². The van der Waals surface area contributed by atoms with Gasteiger partial charge in [-0.2, -0.15) is 0 Å². The Labute approximate surface area is 119 Å². The van der Waals surface area contributed by atoms with E-state index in [4.69, 9.17) is 9.84 Å². The molecule has 0 aromatic heterocycles. The van der Waals surface area contributed by atoms with Crippen LogP contribution in [0, 0.1) is 0 Å². The first-order valence-corrected chi connectivity index (χ1v) is 6.87. The number of phenols is 1. The van der Waals surface area contributed by atoms with Crippen molar-refractivity contribution in [3.05, 3.63) is 23.8 Å². The number of aromatic hydroxyl groups is 1. The molecule has 0 aliphatic rings. The van der Waals surface area contributed by atoms with E-state index in [1.807, 2.05) is 13.8 Å². The molecule has 20 heavy (non-hydrogen) atoms. The highest BCUT2D eigenvalue weighted by atomic mass is 16.5. The van der Waals surface area contributed by atoms with Crippen molar-refractivity contribution in [1.82, 2.24) is 4.90 Å². The van der Waals surface area contributed by atoms with E-state index in [0.29, 0.717) is 5.75 Å². The minimum absolute atomic E-state index is 0.0520. The maximum Gasteiger partial charge on any atom is 0.257 e. The molecule has 1 aromatic carbocycles. The summed E-state index contributed by atoms with van der Waals surface area (Å²) in [7, 11) is 1.50. The fraction of sp³-hybridized carbons (Fsp3) is 0.533. The first-order valence-electron chi connectivity index (χ1n) is 6.87. The summed E-state index contributed by atoms with van der Waals surface area (Å²) >= 11 is 0. The van der Waals surface area contributed by atoms with Crippen molar-refractivity contribution >= 4 is 5.91 Å². The van der Waals surface area contributed by atoms with Crippen LogP contribution in [0.15, 0.2) is 18.2 Å². The van der Waals surface area contributed by atoms with Gasteiger partial charge in [-0.3, -0.25) is 4.79 Å². The summed E-state index contributed by atoms with van der Waals surface area (Å²) < 4.78 is 5.00. The number of amides is 1. The maximum absolute atomic E-state index is 12.5. The molecule has 112 valence electrons. The van der Waals surface area contributed by atoms with Gasteiger partial charge in [0.25, 0.3) is 5.91 Å². The van der Waals surface area contributed by atoms with Crippen LogP contribution in [0.4, 0.5) is 0 Å². The first-order chi connectivity index (χ1) is 9.58. The van der Waals surface area contributed by atoms with Crippen molar-refractivity contribution in [2.45, 2.75) is 32.7 Å². The normalized spacial score (nSPS) is 10.7. The van der Waals surface area contributed by atoms with Gasteiger partial charge in [0, 0.05) is 18.7 Å². The standard InChI is InChI=1S/C15H23NO4/c1-4-11(5-2)16(8-9-17)15(19)13-7-6-12(20-3)10-14(13)18/h6-7,10-11,17-18H,4-5,8-9H2,1-3H3. The lowest BCUT2D eigenvalue weighted by Crippen LogP contribution is -2.41. The minimum atomic E-state index is -0.270. The largest absolute Gasteiger partial charge is 0.507 e. The Morgan fingerprint density at radius 3 is 2.45 bits per heavy atom. The van der Waals surface area contributed by atoms with E-state index < -0.39 is 0 Å². The number of carbonyl (C=O) groups is 1. The Hall–Kier alpha value is -1.75. The van der Waals surface area contributed by atoms with Gasteiger partial charge in [0.1, 0.15) is 11.5 Å². The van der Waals surface area contributed by atoms with Crippen LogP contribution in [-0.2, 0) is 0 Å². The average molecular weight is 281 g/mol. The van der Waals surface area contributed by atoms with Gasteiger partial charge in [0.2, 0.25) is 0 Å². The Morgan fingerprint density at radius 2 is 2.00 bits per heavy atom. The molecule has 0 spiro atoms. The minimum Gasteiger partial charge on any atom is -0.507 e. The highest BCUT2D eigenvalue weighted by molar-refractivity contribution is 5.97. The highest BCUT2D eigenvalue weighted by Gasteiger charge is 2.24. The van der Waals surface area contributed by atoms with Crippen LogP contribution in [0.1, 0.15) is 37.0 Å². The van der Waals surface area contributed by atoms with Crippen molar-refractivity contribution in [1.29, 1.82) is 0 Å². The maximum atomic E-state index is 12.5. The number of nitrogens with zero attached hydrogens (tertiary/aromatic N) is 1. The molecule has 0 saturated heterocycles. The summed E-state index contributed by atoms with van der Waals surface area (Å²) in [5.41, 5.74) is 0.228. The van der Waals surface area contributed by atoms with Crippen molar-refractivity contribution < 1.29 is 19.7 Å². The van der Waals surface area contributed by atoms with Crippen LogP contribution in [0.3, 0.4) is 0 Å². The molecule has 0 bridgehead atoms. The predicted molar refractivity (Wildman–Crippen MR) is 77.2 cm³/mol. The smallest absolute Gasteiger partial charge is 0.257 e. The van der Waals surface area contributed by atoms with E-state index in [-0.39, 0.29) is 36.4 Å². The lowest BCUT2D eigenvalue weighted by Gasteiger charge is -2.30. The van der Waals surface area contributed by atoms with Crippen molar-refractivity contribution in [2.24, 2.45) is 0 Å². The van der Waals surface area contributed by atoms with Crippen molar-refractivity contribution in [2.75, 3.05) is 20.3 Å². The van der Waals surface area contributed by atoms with E-state index in [1.54, 1.807) is 17.0 Å². The Bertz CT molecular complexity index is 443. The van der Waals surface area contributed by atoms with Crippen molar-refractivity contribution in [3.8, 4) is 11.5 Å². The van der Waals surface area contributed by atoms with E-state index in [2.05, 4.69) is 0 Å². The molecule has 2 N–H and O–H groups in total. The molecule has 1 amide bonds. The van der Waals surface area contributed by atoms with Gasteiger partial charge >= 0.3 is 0 Å². The SMILES string of the molecule is CCC(CC)N(CCO)C(=O)c1ccc(OC)cc1O. The molecule has 0 aliphatic heterocycles. The number of ether oxygens (including phenoxy) is 1.